The number of hydrogen-bond donors (Lipinski definition) is 2. The van der Waals surface area contributed by atoms with E-state index < -0.39 is 42.5 Å². The second-order valence-electron chi connectivity index (χ2n) is 8.77. The summed E-state index contributed by atoms with van der Waals surface area (Å²) >= 11 is 5.90. The van der Waals surface area contributed by atoms with Gasteiger partial charge in [-0.05, 0) is 42.8 Å². The molecule has 2 N–H and O–H groups in total. The molecule has 0 unspecified atom stereocenters. The fourth-order valence-electron chi connectivity index (χ4n) is 3.74. The van der Waals surface area contributed by atoms with E-state index in [0.717, 1.165) is 4.68 Å². The van der Waals surface area contributed by atoms with Crippen molar-refractivity contribution in [3.05, 3.63) is 70.3 Å². The molecule has 39 heavy (non-hydrogen) atoms. The van der Waals surface area contributed by atoms with Crippen molar-refractivity contribution in [2.45, 2.75) is 38.0 Å². The number of carbonyl (C=O) groups is 1. The molecule has 1 saturated carbocycles. The van der Waals surface area contributed by atoms with Gasteiger partial charge in [0.1, 0.15) is 19.0 Å². The number of benzene rings is 1. The zero-order valence-corrected chi connectivity index (χ0v) is 20.5. The number of anilines is 1. The number of amides is 1. The second-order valence-corrected chi connectivity index (χ2v) is 9.20. The molecule has 1 fully saturated rings. The third-order valence-corrected chi connectivity index (χ3v) is 6.15. The Bertz CT molecular complexity index is 1570. The van der Waals surface area contributed by atoms with E-state index in [1.165, 1.54) is 41.5 Å². The minimum Gasteiger partial charge on any atom is -0.382 e. The van der Waals surface area contributed by atoms with Crippen molar-refractivity contribution in [2.75, 3.05) is 5.32 Å². The molecule has 0 aliphatic heterocycles. The normalized spacial score (nSPS) is 17.7. The molecular formula is C23H19ClF4N8O3. The molecule has 3 aromatic heterocycles. The minimum absolute atomic E-state index is 0.0507. The molecule has 204 valence electrons. The standard InChI is InChI=1S/C23H19ClF4N8O3/c24-13-5-3-12(4-6-13)19-33-35(22(39)34(19)9-17(37)23(26,27)28)10-18-30-11-36(32-18)20-16(2-1-7-29-20)31-21(38)14-8-15(14)25/h1-7,11,14-15,17,37H,8-10H2,(H,31,38)/t14-,15+,17+/m1/s1. The summed E-state index contributed by atoms with van der Waals surface area (Å²) in [5, 5.41) is 21.0. The zero-order valence-electron chi connectivity index (χ0n) is 19.8. The highest BCUT2D eigenvalue weighted by Gasteiger charge is 2.44. The Kier molecular flexibility index (Phi) is 6.94. The molecular weight excluding hydrogens is 548 g/mol. The van der Waals surface area contributed by atoms with E-state index in [1.54, 1.807) is 12.1 Å². The Hall–Kier alpha value is -4.11. The van der Waals surface area contributed by atoms with E-state index in [4.69, 9.17) is 11.6 Å². The van der Waals surface area contributed by atoms with Crippen molar-refractivity contribution in [1.29, 1.82) is 0 Å². The summed E-state index contributed by atoms with van der Waals surface area (Å²) in [4.78, 5) is 33.5. The molecule has 1 amide bonds. The SMILES string of the molecule is O=C(Nc1cccnc1-n1cnc(Cn2nc(-c3ccc(Cl)cc3)n(C[C@H](O)C(F)(F)F)c2=O)n1)[C@@H]1C[C@@H]1F. The Morgan fingerprint density at radius 1 is 1.18 bits per heavy atom. The molecule has 0 spiro atoms. The second kappa shape index (κ2) is 10.2. The van der Waals surface area contributed by atoms with Crippen molar-refractivity contribution in [3.8, 4) is 17.2 Å². The number of nitrogens with one attached hydrogen (secondary N) is 1. The lowest BCUT2D eigenvalue weighted by atomic mass is 10.2. The third kappa shape index (κ3) is 5.68. The van der Waals surface area contributed by atoms with Crippen molar-refractivity contribution in [3.63, 3.8) is 0 Å². The van der Waals surface area contributed by atoms with E-state index in [9.17, 15) is 32.3 Å². The summed E-state index contributed by atoms with van der Waals surface area (Å²) in [5.74, 6) is -1.12. The highest BCUT2D eigenvalue weighted by atomic mass is 35.5. The summed E-state index contributed by atoms with van der Waals surface area (Å²) in [6.45, 7) is -1.42. The van der Waals surface area contributed by atoms with Gasteiger partial charge in [-0.25, -0.2) is 28.5 Å². The van der Waals surface area contributed by atoms with Gasteiger partial charge in [-0.2, -0.15) is 13.2 Å². The molecule has 3 heterocycles. The van der Waals surface area contributed by atoms with Crippen molar-refractivity contribution in [1.82, 2.24) is 34.1 Å². The molecule has 1 aliphatic carbocycles. The van der Waals surface area contributed by atoms with Crippen LogP contribution in [0.1, 0.15) is 12.2 Å². The van der Waals surface area contributed by atoms with Crippen LogP contribution in [0, 0.1) is 5.92 Å². The van der Waals surface area contributed by atoms with Gasteiger partial charge >= 0.3 is 11.9 Å². The maximum atomic E-state index is 13.3. The van der Waals surface area contributed by atoms with Crippen LogP contribution in [0.5, 0.6) is 0 Å². The molecule has 0 radical (unpaired) electrons. The van der Waals surface area contributed by atoms with Gasteiger partial charge in [-0.15, -0.1) is 10.2 Å². The molecule has 0 bridgehead atoms. The van der Waals surface area contributed by atoms with Crippen LogP contribution < -0.4 is 11.0 Å². The minimum atomic E-state index is -4.96. The average Bonchev–Trinajstić information content (AvgIpc) is 3.32. The van der Waals surface area contributed by atoms with Gasteiger partial charge in [0.05, 0.1) is 18.2 Å². The topological polar surface area (TPSA) is 133 Å². The van der Waals surface area contributed by atoms with Gasteiger partial charge in [-0.3, -0.25) is 9.36 Å². The lowest BCUT2D eigenvalue weighted by Crippen LogP contribution is -2.37. The van der Waals surface area contributed by atoms with E-state index >= 15 is 0 Å². The number of pyridine rings is 1. The highest BCUT2D eigenvalue weighted by molar-refractivity contribution is 6.30. The van der Waals surface area contributed by atoms with E-state index in [2.05, 4.69) is 25.5 Å². The summed E-state index contributed by atoms with van der Waals surface area (Å²) < 4.78 is 55.3. The van der Waals surface area contributed by atoms with Gasteiger partial charge in [-0.1, -0.05) is 11.6 Å². The number of alkyl halides is 4. The number of aliphatic hydroxyl groups excluding tert-OH is 1. The summed E-state index contributed by atoms with van der Waals surface area (Å²) in [6.07, 6.45) is -6.10. The number of nitrogens with zero attached hydrogens (tertiary/aromatic N) is 7. The van der Waals surface area contributed by atoms with E-state index in [-0.39, 0.29) is 36.1 Å². The maximum Gasteiger partial charge on any atom is 0.416 e. The van der Waals surface area contributed by atoms with Gasteiger partial charge in [0.25, 0.3) is 0 Å². The van der Waals surface area contributed by atoms with Gasteiger partial charge in [0, 0.05) is 16.8 Å². The molecule has 5 rings (SSSR count). The van der Waals surface area contributed by atoms with Crippen LogP contribution in [0.4, 0.5) is 23.2 Å². The maximum absolute atomic E-state index is 13.3. The first kappa shape index (κ1) is 26.5. The first-order chi connectivity index (χ1) is 18.5. The fourth-order valence-corrected chi connectivity index (χ4v) is 3.87. The summed E-state index contributed by atoms with van der Waals surface area (Å²) in [6, 6.07) is 9.02. The monoisotopic (exact) mass is 566 g/mol. The van der Waals surface area contributed by atoms with Crippen molar-refractivity contribution in [2.24, 2.45) is 5.92 Å². The first-order valence-electron chi connectivity index (χ1n) is 11.5. The van der Waals surface area contributed by atoms with Crippen LogP contribution in [0.2, 0.25) is 5.02 Å². The zero-order chi connectivity index (χ0) is 27.9. The number of aliphatic hydroxyl groups is 1. The Morgan fingerprint density at radius 2 is 1.90 bits per heavy atom. The summed E-state index contributed by atoms with van der Waals surface area (Å²) in [7, 11) is 0. The smallest absolute Gasteiger partial charge is 0.382 e. The number of carbonyl (C=O) groups excluding carboxylic acids is 1. The molecule has 11 nitrogen and oxygen atoms in total. The van der Waals surface area contributed by atoms with Crippen molar-refractivity contribution >= 4 is 23.2 Å². The number of rotatable bonds is 8. The number of aromatic nitrogens is 7. The quantitative estimate of drug-likeness (QED) is 0.313. The van der Waals surface area contributed by atoms with Crippen LogP contribution in [-0.4, -0.2) is 63.6 Å². The van der Waals surface area contributed by atoms with Gasteiger partial charge in [0.2, 0.25) is 5.91 Å². The largest absolute Gasteiger partial charge is 0.416 e. The Morgan fingerprint density at radius 3 is 2.56 bits per heavy atom. The molecule has 4 aromatic rings. The van der Waals surface area contributed by atoms with Gasteiger partial charge in [0.15, 0.2) is 23.6 Å². The molecule has 0 saturated heterocycles. The van der Waals surface area contributed by atoms with E-state index in [0.29, 0.717) is 15.2 Å². The van der Waals surface area contributed by atoms with Gasteiger partial charge < -0.3 is 10.4 Å². The predicted octanol–water partition coefficient (Wildman–Crippen LogP) is 2.61. The van der Waals surface area contributed by atoms with Crippen LogP contribution in [0.25, 0.3) is 17.2 Å². The highest BCUT2D eigenvalue weighted by Crippen LogP contribution is 2.35. The molecule has 1 aromatic carbocycles. The average molecular weight is 567 g/mol. The lowest BCUT2D eigenvalue weighted by molar-refractivity contribution is -0.207. The first-order valence-corrected chi connectivity index (χ1v) is 11.9. The van der Waals surface area contributed by atoms with Crippen LogP contribution >= 0.6 is 11.6 Å². The van der Waals surface area contributed by atoms with Crippen LogP contribution in [-0.2, 0) is 17.9 Å². The Balaban J connectivity index is 1.43. The van der Waals surface area contributed by atoms with Crippen LogP contribution in [0.15, 0.2) is 53.7 Å². The third-order valence-electron chi connectivity index (χ3n) is 5.90. The van der Waals surface area contributed by atoms with E-state index in [1.807, 2.05) is 0 Å². The molecule has 3 atom stereocenters. The predicted molar refractivity (Wildman–Crippen MR) is 129 cm³/mol. The number of hydrogen-bond acceptors (Lipinski definition) is 7. The Labute approximate surface area is 221 Å². The summed E-state index contributed by atoms with van der Waals surface area (Å²) in [5.41, 5.74) is -0.385. The lowest BCUT2D eigenvalue weighted by Gasteiger charge is -2.15. The molecule has 16 heteroatoms. The van der Waals surface area contributed by atoms with Crippen LogP contribution in [0.3, 0.4) is 0 Å². The van der Waals surface area contributed by atoms with Crippen molar-refractivity contribution < 1.29 is 27.5 Å². The number of halogens is 5. The molecule has 1 aliphatic rings. The fraction of sp³-hybridized carbons (Fsp3) is 0.304.